The molecule has 1 aliphatic rings. The smallest absolute Gasteiger partial charge is 0.235 e. The average molecular weight is 360 g/mol. The molecule has 3 nitrogen and oxygen atoms in total. The molecule has 0 amide bonds. The van der Waals surface area contributed by atoms with E-state index < -0.39 is 5.79 Å². The van der Waals surface area contributed by atoms with Crippen LogP contribution in [0.1, 0.15) is 40.2 Å². The van der Waals surface area contributed by atoms with E-state index in [1.807, 2.05) is 48.5 Å². The van der Waals surface area contributed by atoms with Gasteiger partial charge in [-0.25, -0.2) is 0 Å². The van der Waals surface area contributed by atoms with Crippen molar-refractivity contribution in [1.82, 2.24) is 0 Å². The van der Waals surface area contributed by atoms with Crippen LogP contribution in [-0.2, 0) is 5.79 Å². The van der Waals surface area contributed by atoms with Crippen molar-refractivity contribution in [2.24, 2.45) is 0 Å². The number of methoxy groups -OCH3 is 1. The molecule has 3 heteroatoms. The normalized spacial score (nSPS) is 21.3. The fourth-order valence-corrected chi connectivity index (χ4v) is 4.07. The average Bonchev–Trinajstić information content (AvgIpc) is 2.67. The predicted octanol–water partition coefficient (Wildman–Crippen LogP) is 5.07. The number of rotatable bonds is 3. The third-order valence-corrected chi connectivity index (χ3v) is 5.34. The monoisotopic (exact) mass is 360 g/mol. The van der Waals surface area contributed by atoms with Crippen molar-refractivity contribution in [3.8, 4) is 11.5 Å². The summed E-state index contributed by atoms with van der Waals surface area (Å²) in [5, 5.41) is 11.5. The second-order valence-electron chi connectivity index (χ2n) is 7.28. The van der Waals surface area contributed by atoms with E-state index in [2.05, 4.69) is 32.0 Å². The summed E-state index contributed by atoms with van der Waals surface area (Å²) in [6.07, 6.45) is 0.459. The molecule has 0 bridgehead atoms. The third-order valence-electron chi connectivity index (χ3n) is 5.34. The van der Waals surface area contributed by atoms with Gasteiger partial charge in [0, 0.05) is 23.5 Å². The number of fused-ring (bicyclic) bond motifs is 1. The van der Waals surface area contributed by atoms with E-state index in [1.54, 1.807) is 7.11 Å². The lowest BCUT2D eigenvalue weighted by molar-refractivity contribution is -0.161. The van der Waals surface area contributed by atoms with E-state index in [9.17, 15) is 5.11 Å². The molecule has 0 spiro atoms. The van der Waals surface area contributed by atoms with Gasteiger partial charge in [-0.1, -0.05) is 48.5 Å². The molecular weight excluding hydrogens is 336 g/mol. The van der Waals surface area contributed by atoms with E-state index >= 15 is 0 Å². The zero-order chi connectivity index (χ0) is 19.0. The maximum Gasteiger partial charge on any atom is 0.235 e. The highest BCUT2D eigenvalue weighted by Gasteiger charge is 2.42. The van der Waals surface area contributed by atoms with Crippen molar-refractivity contribution >= 4 is 0 Å². The maximum absolute atomic E-state index is 11.5. The molecule has 1 aliphatic heterocycles. The van der Waals surface area contributed by atoms with Crippen LogP contribution < -0.4 is 9.47 Å². The predicted molar refractivity (Wildman–Crippen MR) is 106 cm³/mol. The van der Waals surface area contributed by atoms with Gasteiger partial charge in [0.1, 0.15) is 11.5 Å². The summed E-state index contributed by atoms with van der Waals surface area (Å²) < 4.78 is 11.5. The van der Waals surface area contributed by atoms with Gasteiger partial charge in [0.2, 0.25) is 5.79 Å². The van der Waals surface area contributed by atoms with Crippen LogP contribution in [0.2, 0.25) is 0 Å². The van der Waals surface area contributed by atoms with Crippen LogP contribution in [0.4, 0.5) is 0 Å². The Morgan fingerprint density at radius 1 is 1.00 bits per heavy atom. The fourth-order valence-electron chi connectivity index (χ4n) is 4.07. The number of benzene rings is 3. The first-order valence-electron chi connectivity index (χ1n) is 9.22. The maximum atomic E-state index is 11.5. The van der Waals surface area contributed by atoms with Crippen molar-refractivity contribution in [2.75, 3.05) is 7.11 Å². The number of aliphatic hydroxyl groups is 1. The molecule has 0 aliphatic carbocycles. The molecule has 0 radical (unpaired) electrons. The van der Waals surface area contributed by atoms with Crippen LogP contribution in [0.3, 0.4) is 0 Å². The van der Waals surface area contributed by atoms with Crippen molar-refractivity contribution in [1.29, 1.82) is 0 Å². The van der Waals surface area contributed by atoms with Crippen molar-refractivity contribution < 1.29 is 14.6 Å². The van der Waals surface area contributed by atoms with Crippen LogP contribution in [0.15, 0.2) is 66.7 Å². The van der Waals surface area contributed by atoms with Crippen LogP contribution in [0.5, 0.6) is 11.5 Å². The molecule has 1 N–H and O–H groups in total. The summed E-state index contributed by atoms with van der Waals surface area (Å²) in [7, 11) is 1.67. The van der Waals surface area contributed by atoms with E-state index in [0.29, 0.717) is 6.42 Å². The lowest BCUT2D eigenvalue weighted by Crippen LogP contribution is -2.39. The second kappa shape index (κ2) is 6.75. The summed E-state index contributed by atoms with van der Waals surface area (Å²) >= 11 is 0. The van der Waals surface area contributed by atoms with Gasteiger partial charge in [-0.15, -0.1) is 0 Å². The molecule has 0 fully saturated rings. The summed E-state index contributed by atoms with van der Waals surface area (Å²) in [6, 6.07) is 21.9. The standard InChI is InChI=1S/C24H24O3/c1-16-13-17(2)23-21(18-9-11-20(26-3)12-10-18)15-24(25,27-22(23)14-16)19-7-5-4-6-8-19/h4-14,21,25H,15H2,1-3H3/t21-,24+/m1/s1. The Hall–Kier alpha value is -2.78. The van der Waals surface area contributed by atoms with Gasteiger partial charge in [0.05, 0.1) is 7.11 Å². The highest BCUT2D eigenvalue weighted by atomic mass is 16.6. The summed E-state index contributed by atoms with van der Waals surface area (Å²) in [6.45, 7) is 4.16. The SMILES string of the molecule is COc1ccc([C@H]2C[C@@](O)(c3ccccc3)Oc3cc(C)cc(C)c32)cc1. The molecule has 0 aromatic heterocycles. The Balaban J connectivity index is 1.86. The molecule has 3 aromatic rings. The molecule has 3 aromatic carbocycles. The number of hydrogen-bond acceptors (Lipinski definition) is 3. The minimum atomic E-state index is -1.36. The Morgan fingerprint density at radius 2 is 1.70 bits per heavy atom. The molecular formula is C24H24O3. The van der Waals surface area contributed by atoms with Crippen molar-refractivity contribution in [3.63, 3.8) is 0 Å². The molecule has 2 atom stereocenters. The zero-order valence-electron chi connectivity index (χ0n) is 15.9. The largest absolute Gasteiger partial charge is 0.497 e. The van der Waals surface area contributed by atoms with Gasteiger partial charge < -0.3 is 14.6 Å². The van der Waals surface area contributed by atoms with Gasteiger partial charge in [-0.2, -0.15) is 0 Å². The number of ether oxygens (including phenoxy) is 2. The lowest BCUT2D eigenvalue weighted by Gasteiger charge is -2.40. The molecule has 0 saturated carbocycles. The van der Waals surface area contributed by atoms with Crippen molar-refractivity contribution in [2.45, 2.75) is 32.0 Å². The van der Waals surface area contributed by atoms with Gasteiger partial charge in [0.25, 0.3) is 0 Å². The summed E-state index contributed by atoms with van der Waals surface area (Å²) in [5.41, 5.74) is 5.36. The van der Waals surface area contributed by atoms with Crippen LogP contribution in [0.25, 0.3) is 0 Å². The molecule has 1 heterocycles. The van der Waals surface area contributed by atoms with Crippen LogP contribution >= 0.6 is 0 Å². The number of aryl methyl sites for hydroxylation is 2. The Labute approximate surface area is 160 Å². The highest BCUT2D eigenvalue weighted by molar-refractivity contribution is 5.52. The lowest BCUT2D eigenvalue weighted by atomic mass is 9.79. The van der Waals surface area contributed by atoms with E-state index in [-0.39, 0.29) is 5.92 Å². The number of hydrogen-bond donors (Lipinski definition) is 1. The Morgan fingerprint density at radius 3 is 2.37 bits per heavy atom. The second-order valence-corrected chi connectivity index (χ2v) is 7.28. The van der Waals surface area contributed by atoms with Gasteiger partial charge in [-0.05, 0) is 48.7 Å². The van der Waals surface area contributed by atoms with Crippen molar-refractivity contribution in [3.05, 3.63) is 94.5 Å². The molecule has 0 saturated heterocycles. The fraction of sp³-hybridized carbons (Fsp3) is 0.250. The minimum absolute atomic E-state index is 0.0328. The Bertz CT molecular complexity index is 947. The highest BCUT2D eigenvalue weighted by Crippen LogP contribution is 2.48. The molecule has 27 heavy (non-hydrogen) atoms. The van der Waals surface area contributed by atoms with Crippen LogP contribution in [0, 0.1) is 13.8 Å². The van der Waals surface area contributed by atoms with Gasteiger partial charge in [0.15, 0.2) is 0 Å². The van der Waals surface area contributed by atoms with Crippen LogP contribution in [-0.4, -0.2) is 12.2 Å². The van der Waals surface area contributed by atoms with E-state index in [1.165, 1.54) is 5.56 Å². The first-order valence-corrected chi connectivity index (χ1v) is 9.22. The topological polar surface area (TPSA) is 38.7 Å². The zero-order valence-corrected chi connectivity index (χ0v) is 15.9. The summed E-state index contributed by atoms with van der Waals surface area (Å²) in [4.78, 5) is 0. The van der Waals surface area contributed by atoms with Gasteiger partial charge in [-0.3, -0.25) is 0 Å². The molecule has 0 unspecified atom stereocenters. The third kappa shape index (κ3) is 3.19. The minimum Gasteiger partial charge on any atom is -0.497 e. The quantitative estimate of drug-likeness (QED) is 0.708. The van der Waals surface area contributed by atoms with E-state index in [0.717, 1.165) is 33.8 Å². The molecule has 4 rings (SSSR count). The first kappa shape index (κ1) is 17.6. The van der Waals surface area contributed by atoms with Gasteiger partial charge >= 0.3 is 0 Å². The summed E-state index contributed by atoms with van der Waals surface area (Å²) in [5.74, 6) is 0.250. The Kier molecular flexibility index (Phi) is 4.40. The first-order chi connectivity index (χ1) is 13.0. The van der Waals surface area contributed by atoms with E-state index in [4.69, 9.17) is 9.47 Å². The molecule has 138 valence electrons.